The van der Waals surface area contributed by atoms with Crippen LogP contribution in [0.25, 0.3) is 22.8 Å². The van der Waals surface area contributed by atoms with E-state index in [0.29, 0.717) is 0 Å². The fourth-order valence-corrected chi connectivity index (χ4v) is 2.64. The highest BCUT2D eigenvalue weighted by Gasteiger charge is 2.01. The first-order valence-corrected chi connectivity index (χ1v) is 6.75. The van der Waals surface area contributed by atoms with E-state index in [-0.39, 0.29) is 0 Å². The van der Waals surface area contributed by atoms with E-state index >= 15 is 0 Å². The minimum absolute atomic E-state index is 1.21. The van der Waals surface area contributed by atoms with Gasteiger partial charge in [0.1, 0.15) is 0 Å². The molecule has 88 valence electrons. The molecule has 0 N–H and O–H groups in total. The summed E-state index contributed by atoms with van der Waals surface area (Å²) in [6.45, 7) is 0. The molecule has 1 aromatic carbocycles. The van der Waals surface area contributed by atoms with Crippen molar-refractivity contribution in [1.82, 2.24) is 4.57 Å². The van der Waals surface area contributed by atoms with Gasteiger partial charge in [-0.2, -0.15) is 0 Å². The van der Waals surface area contributed by atoms with Crippen LogP contribution in [0.4, 0.5) is 0 Å². The van der Waals surface area contributed by atoms with E-state index in [1.54, 1.807) is 11.3 Å². The van der Waals surface area contributed by atoms with Crippen molar-refractivity contribution in [2.75, 3.05) is 0 Å². The molecule has 3 aromatic rings. The Morgan fingerprint density at radius 2 is 1.78 bits per heavy atom. The number of thiophene rings is 1. The van der Waals surface area contributed by atoms with Crippen molar-refractivity contribution in [3.63, 3.8) is 0 Å². The molecule has 1 nitrogen and oxygen atoms in total. The summed E-state index contributed by atoms with van der Waals surface area (Å²) < 4.78 is 2.15. The number of hydrogen-bond donors (Lipinski definition) is 0. The highest BCUT2D eigenvalue weighted by molar-refractivity contribution is 7.13. The molecule has 0 unspecified atom stereocenters. The summed E-state index contributed by atoms with van der Waals surface area (Å²) in [6, 6.07) is 18.8. The Kier molecular flexibility index (Phi) is 3.11. The van der Waals surface area contributed by atoms with Crippen molar-refractivity contribution in [2.45, 2.75) is 0 Å². The van der Waals surface area contributed by atoms with Gasteiger partial charge in [0.15, 0.2) is 0 Å². The summed E-state index contributed by atoms with van der Waals surface area (Å²) in [5, 5.41) is 2.10. The molecule has 2 heterocycles. The third-order valence-corrected chi connectivity index (χ3v) is 3.67. The summed E-state index contributed by atoms with van der Waals surface area (Å²) in [5.41, 5.74) is 2.44. The van der Waals surface area contributed by atoms with Crippen molar-refractivity contribution in [3.8, 4) is 10.6 Å². The first-order valence-electron chi connectivity index (χ1n) is 5.87. The molecule has 2 aromatic heterocycles. The second kappa shape index (κ2) is 5.07. The van der Waals surface area contributed by atoms with Gasteiger partial charge in [-0.15, -0.1) is 11.3 Å². The van der Waals surface area contributed by atoms with Gasteiger partial charge < -0.3 is 4.57 Å². The second-order valence-electron chi connectivity index (χ2n) is 4.00. The van der Waals surface area contributed by atoms with E-state index in [1.165, 1.54) is 16.1 Å². The van der Waals surface area contributed by atoms with E-state index in [9.17, 15) is 0 Å². The molecule has 0 aliphatic rings. The Morgan fingerprint density at radius 1 is 0.889 bits per heavy atom. The van der Waals surface area contributed by atoms with Crippen LogP contribution in [0.5, 0.6) is 0 Å². The van der Waals surface area contributed by atoms with Crippen molar-refractivity contribution in [1.29, 1.82) is 0 Å². The lowest BCUT2D eigenvalue weighted by molar-refractivity contribution is 1.19. The molecule has 0 fully saturated rings. The fourth-order valence-electron chi connectivity index (χ4n) is 1.89. The fraction of sp³-hybridized carbons (Fsp3) is 0. The molecular weight excluding hydrogens is 238 g/mol. The lowest BCUT2D eigenvalue weighted by atomic mass is 10.2. The normalized spacial score (nSPS) is 11.1. The zero-order valence-corrected chi connectivity index (χ0v) is 10.7. The first-order chi connectivity index (χ1) is 8.93. The third-order valence-electron chi connectivity index (χ3n) is 2.78. The van der Waals surface area contributed by atoms with Gasteiger partial charge in [-0.25, -0.2) is 0 Å². The minimum atomic E-state index is 1.21. The van der Waals surface area contributed by atoms with Crippen LogP contribution in [0.1, 0.15) is 5.56 Å². The lowest BCUT2D eigenvalue weighted by Crippen LogP contribution is -1.85. The van der Waals surface area contributed by atoms with Crippen LogP contribution < -0.4 is 0 Å². The standard InChI is InChI=1S/C16H13NS/c1-2-6-14(7-3-1)10-12-17-11-4-8-15(17)16-9-5-13-18-16/h1-13H/b12-10+. The van der Waals surface area contributed by atoms with Gasteiger partial charge in [0.25, 0.3) is 0 Å². The van der Waals surface area contributed by atoms with E-state index in [4.69, 9.17) is 0 Å². The molecule has 0 saturated heterocycles. The predicted molar refractivity (Wildman–Crippen MR) is 79.4 cm³/mol. The van der Waals surface area contributed by atoms with Crippen LogP contribution in [-0.4, -0.2) is 4.57 Å². The molecule has 0 radical (unpaired) electrons. The highest BCUT2D eigenvalue weighted by Crippen LogP contribution is 2.25. The summed E-state index contributed by atoms with van der Waals surface area (Å²) in [7, 11) is 0. The van der Waals surface area contributed by atoms with Gasteiger partial charge in [-0.05, 0) is 35.2 Å². The monoisotopic (exact) mass is 251 g/mol. The molecule has 18 heavy (non-hydrogen) atoms. The summed E-state index contributed by atoms with van der Waals surface area (Å²) >= 11 is 1.76. The average Bonchev–Trinajstić information content (AvgIpc) is 3.08. The molecule has 0 bridgehead atoms. The van der Waals surface area contributed by atoms with Crippen molar-refractivity contribution in [3.05, 3.63) is 71.7 Å². The third kappa shape index (κ3) is 2.29. The smallest absolute Gasteiger partial charge is 0.0622 e. The van der Waals surface area contributed by atoms with E-state index < -0.39 is 0 Å². The van der Waals surface area contributed by atoms with Crippen LogP contribution in [0, 0.1) is 0 Å². The number of rotatable bonds is 3. The van der Waals surface area contributed by atoms with Crippen LogP contribution in [0.15, 0.2) is 66.2 Å². The van der Waals surface area contributed by atoms with E-state index in [1.807, 2.05) is 6.07 Å². The van der Waals surface area contributed by atoms with Gasteiger partial charge in [-0.1, -0.05) is 36.4 Å². The molecule has 0 amide bonds. The first kappa shape index (κ1) is 11.1. The topological polar surface area (TPSA) is 4.93 Å². The Balaban J connectivity index is 1.91. The number of nitrogens with zero attached hydrogens (tertiary/aromatic N) is 1. The SMILES string of the molecule is C(=C\n1cccc1-c1cccs1)/c1ccccc1. The Labute approximate surface area is 111 Å². The number of hydrogen-bond acceptors (Lipinski definition) is 1. The summed E-state index contributed by atoms with van der Waals surface area (Å²) in [4.78, 5) is 1.29. The molecule has 3 rings (SSSR count). The van der Waals surface area contributed by atoms with Crippen molar-refractivity contribution >= 4 is 23.6 Å². The minimum Gasteiger partial charge on any atom is -0.322 e. The highest BCUT2D eigenvalue weighted by atomic mass is 32.1. The van der Waals surface area contributed by atoms with Crippen molar-refractivity contribution in [2.24, 2.45) is 0 Å². The Morgan fingerprint density at radius 3 is 2.56 bits per heavy atom. The Hall–Kier alpha value is -2.06. The van der Waals surface area contributed by atoms with Gasteiger partial charge >= 0.3 is 0 Å². The van der Waals surface area contributed by atoms with Crippen LogP contribution in [0.2, 0.25) is 0 Å². The number of aromatic nitrogens is 1. The zero-order valence-electron chi connectivity index (χ0n) is 9.86. The van der Waals surface area contributed by atoms with Gasteiger partial charge in [0.2, 0.25) is 0 Å². The maximum atomic E-state index is 2.15. The van der Waals surface area contributed by atoms with Crippen molar-refractivity contribution < 1.29 is 0 Å². The number of benzene rings is 1. The van der Waals surface area contributed by atoms with Gasteiger partial charge in [-0.3, -0.25) is 0 Å². The zero-order chi connectivity index (χ0) is 12.2. The molecule has 0 aliphatic heterocycles. The predicted octanol–water partition coefficient (Wildman–Crippen LogP) is 4.84. The maximum Gasteiger partial charge on any atom is 0.0622 e. The lowest BCUT2D eigenvalue weighted by Gasteiger charge is -2.01. The molecule has 0 atom stereocenters. The summed E-state index contributed by atoms with van der Waals surface area (Å²) in [5.74, 6) is 0. The van der Waals surface area contributed by atoms with Crippen LogP contribution >= 0.6 is 11.3 Å². The molecule has 0 spiro atoms. The van der Waals surface area contributed by atoms with Crippen LogP contribution in [-0.2, 0) is 0 Å². The Bertz CT molecular complexity index is 633. The molecule has 2 heteroatoms. The van der Waals surface area contributed by atoms with Crippen LogP contribution in [0.3, 0.4) is 0 Å². The quantitative estimate of drug-likeness (QED) is 0.627. The second-order valence-corrected chi connectivity index (χ2v) is 4.95. The molecule has 0 aliphatic carbocycles. The maximum absolute atomic E-state index is 2.15. The van der Waals surface area contributed by atoms with Gasteiger partial charge in [0, 0.05) is 12.4 Å². The van der Waals surface area contributed by atoms with Gasteiger partial charge in [0.05, 0.1) is 10.6 Å². The molecule has 0 saturated carbocycles. The average molecular weight is 251 g/mol. The summed E-state index contributed by atoms with van der Waals surface area (Å²) in [6.07, 6.45) is 6.30. The molecular formula is C16H13NS. The largest absolute Gasteiger partial charge is 0.322 e. The van der Waals surface area contributed by atoms with E-state index in [2.05, 4.69) is 77.0 Å². The van der Waals surface area contributed by atoms with E-state index in [0.717, 1.165) is 0 Å².